The number of halogens is 2. The zero-order chi connectivity index (χ0) is 16.7. The van der Waals surface area contributed by atoms with Gasteiger partial charge in [-0.05, 0) is 32.0 Å². The molecule has 0 fully saturated rings. The lowest BCUT2D eigenvalue weighted by molar-refractivity contribution is -0.130. The molecular weight excluding hydrogens is 298 g/mol. The Kier molecular flexibility index (Phi) is 6.43. The van der Waals surface area contributed by atoms with Crippen molar-refractivity contribution in [1.29, 1.82) is 0 Å². The molecule has 2 N–H and O–H groups in total. The summed E-state index contributed by atoms with van der Waals surface area (Å²) in [7, 11) is 0. The Morgan fingerprint density at radius 2 is 1.91 bits per heavy atom. The van der Waals surface area contributed by atoms with E-state index in [1.165, 1.54) is 6.92 Å². The van der Waals surface area contributed by atoms with Crippen molar-refractivity contribution in [3.05, 3.63) is 35.4 Å². The van der Waals surface area contributed by atoms with Crippen LogP contribution in [0.25, 0.3) is 0 Å². The summed E-state index contributed by atoms with van der Waals surface area (Å²) in [5.41, 5.74) is -0.219. The van der Waals surface area contributed by atoms with Crippen LogP contribution < -0.4 is 10.6 Å². The van der Waals surface area contributed by atoms with Crippen LogP contribution in [0, 0.1) is 11.6 Å². The number of likely N-dealkylation sites (N-methyl/N-ethyl adjacent to an activating group) is 1. The quantitative estimate of drug-likeness (QED) is 0.759. The maximum absolute atomic E-state index is 13.0. The van der Waals surface area contributed by atoms with Gasteiger partial charge in [-0.2, -0.15) is 0 Å². The molecule has 0 aliphatic carbocycles. The molecule has 22 heavy (non-hydrogen) atoms. The van der Waals surface area contributed by atoms with E-state index in [9.17, 15) is 23.2 Å². The Labute approximate surface area is 125 Å². The van der Waals surface area contributed by atoms with Gasteiger partial charge in [0.15, 0.2) is 18.2 Å². The average Bonchev–Trinajstić information content (AvgIpc) is 2.47. The van der Waals surface area contributed by atoms with E-state index >= 15 is 0 Å². The summed E-state index contributed by atoms with van der Waals surface area (Å²) in [5.74, 6) is -4.31. The highest BCUT2D eigenvalue weighted by Gasteiger charge is 2.17. The number of hydrogen-bond donors (Lipinski definition) is 2. The summed E-state index contributed by atoms with van der Waals surface area (Å²) in [4.78, 5) is 34.5. The van der Waals surface area contributed by atoms with Crippen molar-refractivity contribution in [3.8, 4) is 0 Å². The summed E-state index contributed by atoms with van der Waals surface area (Å²) < 4.78 is 30.3. The van der Waals surface area contributed by atoms with Crippen LogP contribution in [-0.4, -0.2) is 37.0 Å². The first-order valence-corrected chi connectivity index (χ1v) is 6.54. The highest BCUT2D eigenvalue weighted by molar-refractivity contribution is 5.92. The fourth-order valence-corrected chi connectivity index (χ4v) is 1.51. The smallest absolute Gasteiger partial charge is 0.338 e. The lowest BCUT2D eigenvalue weighted by Gasteiger charge is -2.13. The second kappa shape index (κ2) is 8.06. The molecule has 1 rings (SSSR count). The van der Waals surface area contributed by atoms with Gasteiger partial charge >= 0.3 is 5.97 Å². The van der Waals surface area contributed by atoms with Gasteiger partial charge in [-0.25, -0.2) is 13.6 Å². The SMILES string of the molecule is CCNC(=O)[C@@H](C)NC(=O)COC(=O)c1ccc(F)c(F)c1. The lowest BCUT2D eigenvalue weighted by atomic mass is 10.2. The van der Waals surface area contributed by atoms with Crippen LogP contribution >= 0.6 is 0 Å². The molecule has 1 aromatic carbocycles. The molecule has 1 atom stereocenters. The molecule has 0 unspecified atom stereocenters. The number of rotatable bonds is 6. The predicted molar refractivity (Wildman–Crippen MR) is 72.9 cm³/mol. The van der Waals surface area contributed by atoms with Crippen molar-refractivity contribution in [1.82, 2.24) is 10.6 Å². The Balaban J connectivity index is 2.48. The van der Waals surface area contributed by atoms with Gasteiger partial charge in [0.05, 0.1) is 5.56 Å². The molecule has 1 aromatic rings. The van der Waals surface area contributed by atoms with Gasteiger partial charge in [0.25, 0.3) is 5.91 Å². The second-order valence-corrected chi connectivity index (χ2v) is 4.39. The molecule has 0 saturated carbocycles. The Morgan fingerprint density at radius 1 is 1.23 bits per heavy atom. The Bertz CT molecular complexity index is 578. The third-order valence-electron chi connectivity index (χ3n) is 2.61. The van der Waals surface area contributed by atoms with Gasteiger partial charge in [0.2, 0.25) is 5.91 Å². The molecule has 2 amide bonds. The van der Waals surface area contributed by atoms with E-state index in [1.54, 1.807) is 6.92 Å². The first kappa shape index (κ1) is 17.5. The van der Waals surface area contributed by atoms with E-state index in [1.807, 2.05) is 0 Å². The lowest BCUT2D eigenvalue weighted by Crippen LogP contribution is -2.46. The van der Waals surface area contributed by atoms with Crippen LogP contribution in [0.3, 0.4) is 0 Å². The summed E-state index contributed by atoms with van der Waals surface area (Å²) >= 11 is 0. The van der Waals surface area contributed by atoms with Crippen molar-refractivity contribution in [2.24, 2.45) is 0 Å². The third-order valence-corrected chi connectivity index (χ3v) is 2.61. The highest BCUT2D eigenvalue weighted by Crippen LogP contribution is 2.09. The van der Waals surface area contributed by atoms with Crippen molar-refractivity contribution in [2.45, 2.75) is 19.9 Å². The van der Waals surface area contributed by atoms with E-state index in [2.05, 4.69) is 15.4 Å². The van der Waals surface area contributed by atoms with Crippen molar-refractivity contribution in [3.63, 3.8) is 0 Å². The maximum atomic E-state index is 13.0. The van der Waals surface area contributed by atoms with E-state index in [-0.39, 0.29) is 11.5 Å². The number of carbonyl (C=O) groups is 3. The minimum absolute atomic E-state index is 0.219. The van der Waals surface area contributed by atoms with Crippen molar-refractivity contribution < 1.29 is 27.9 Å². The summed E-state index contributed by atoms with van der Waals surface area (Å²) in [6.07, 6.45) is 0. The number of benzene rings is 1. The highest BCUT2D eigenvalue weighted by atomic mass is 19.2. The van der Waals surface area contributed by atoms with Crippen LogP contribution in [0.2, 0.25) is 0 Å². The molecule has 0 saturated heterocycles. The standard InChI is InChI=1S/C14H16F2N2O4/c1-3-17-13(20)8(2)18-12(19)7-22-14(21)9-4-5-10(15)11(16)6-9/h4-6,8H,3,7H2,1-2H3,(H,17,20)(H,18,19)/t8-/m1/s1. The van der Waals surface area contributed by atoms with Crippen molar-refractivity contribution in [2.75, 3.05) is 13.2 Å². The van der Waals surface area contributed by atoms with Gasteiger partial charge in [-0.3, -0.25) is 9.59 Å². The van der Waals surface area contributed by atoms with E-state index in [4.69, 9.17) is 0 Å². The van der Waals surface area contributed by atoms with Gasteiger partial charge < -0.3 is 15.4 Å². The minimum atomic E-state index is -1.19. The molecule has 0 spiro atoms. The number of esters is 1. The number of hydrogen-bond acceptors (Lipinski definition) is 4. The fraction of sp³-hybridized carbons (Fsp3) is 0.357. The van der Waals surface area contributed by atoms with Crippen LogP contribution in [0.5, 0.6) is 0 Å². The molecule has 0 bridgehead atoms. The topological polar surface area (TPSA) is 84.5 Å². The van der Waals surface area contributed by atoms with E-state index in [0.717, 1.165) is 12.1 Å². The molecule has 0 aliphatic rings. The molecule has 0 heterocycles. The fourth-order valence-electron chi connectivity index (χ4n) is 1.51. The van der Waals surface area contributed by atoms with Crippen LogP contribution in [0.15, 0.2) is 18.2 Å². The van der Waals surface area contributed by atoms with Gasteiger partial charge in [-0.1, -0.05) is 0 Å². The molecule has 8 heteroatoms. The third kappa shape index (κ3) is 5.12. The van der Waals surface area contributed by atoms with Crippen LogP contribution in [-0.2, 0) is 14.3 Å². The average molecular weight is 314 g/mol. The zero-order valence-corrected chi connectivity index (χ0v) is 12.1. The number of ether oxygens (including phenoxy) is 1. The predicted octanol–water partition coefficient (Wildman–Crippen LogP) is 0.762. The number of carbonyl (C=O) groups excluding carboxylic acids is 3. The summed E-state index contributed by atoms with van der Waals surface area (Å²) in [6.45, 7) is 2.99. The molecule has 120 valence electrons. The summed E-state index contributed by atoms with van der Waals surface area (Å²) in [6, 6.07) is 1.71. The Morgan fingerprint density at radius 3 is 2.50 bits per heavy atom. The minimum Gasteiger partial charge on any atom is -0.452 e. The number of amides is 2. The molecule has 6 nitrogen and oxygen atoms in total. The molecule has 0 aliphatic heterocycles. The largest absolute Gasteiger partial charge is 0.452 e. The Hall–Kier alpha value is -2.51. The monoisotopic (exact) mass is 314 g/mol. The first-order valence-electron chi connectivity index (χ1n) is 6.54. The molecule has 0 radical (unpaired) electrons. The van der Waals surface area contributed by atoms with E-state index < -0.39 is 36.2 Å². The first-order chi connectivity index (χ1) is 10.3. The van der Waals surface area contributed by atoms with Crippen LogP contribution in [0.4, 0.5) is 8.78 Å². The van der Waals surface area contributed by atoms with Gasteiger partial charge in [-0.15, -0.1) is 0 Å². The van der Waals surface area contributed by atoms with Gasteiger partial charge in [0.1, 0.15) is 6.04 Å². The normalized spacial score (nSPS) is 11.5. The molecular formula is C14H16F2N2O4. The van der Waals surface area contributed by atoms with Gasteiger partial charge in [0, 0.05) is 6.54 Å². The van der Waals surface area contributed by atoms with Crippen molar-refractivity contribution >= 4 is 17.8 Å². The second-order valence-electron chi connectivity index (χ2n) is 4.39. The van der Waals surface area contributed by atoms with E-state index in [0.29, 0.717) is 12.6 Å². The number of nitrogens with one attached hydrogen (secondary N) is 2. The maximum Gasteiger partial charge on any atom is 0.338 e. The van der Waals surface area contributed by atoms with Crippen LogP contribution in [0.1, 0.15) is 24.2 Å². The summed E-state index contributed by atoms with van der Waals surface area (Å²) in [5, 5.41) is 4.84. The zero-order valence-electron chi connectivity index (χ0n) is 12.1. The molecule has 0 aromatic heterocycles.